The molecule has 4 nitrogen and oxygen atoms in total. The van der Waals surface area contributed by atoms with Gasteiger partial charge in [-0.25, -0.2) is 4.68 Å². The van der Waals surface area contributed by atoms with Gasteiger partial charge in [0.1, 0.15) is 5.52 Å². The van der Waals surface area contributed by atoms with Crippen molar-refractivity contribution < 1.29 is 4.74 Å². The summed E-state index contributed by atoms with van der Waals surface area (Å²) in [7, 11) is 0. The van der Waals surface area contributed by atoms with Gasteiger partial charge in [0.15, 0.2) is 6.23 Å². The van der Waals surface area contributed by atoms with Gasteiger partial charge in [-0.05, 0) is 37.8 Å². The van der Waals surface area contributed by atoms with Crippen molar-refractivity contribution in [2.75, 3.05) is 0 Å². The third-order valence-corrected chi connectivity index (χ3v) is 4.86. The van der Waals surface area contributed by atoms with E-state index < -0.39 is 0 Å². The van der Waals surface area contributed by atoms with E-state index in [9.17, 15) is 0 Å². The molecule has 126 valence electrons. The van der Waals surface area contributed by atoms with Crippen molar-refractivity contribution in [3.8, 4) is 0 Å². The normalized spacial score (nSPS) is 17.6. The summed E-state index contributed by atoms with van der Waals surface area (Å²) in [5, 5.41) is 8.71. The zero-order valence-electron chi connectivity index (χ0n) is 14.3. The standard InChI is InChI=1S/C19H29N3O/c1-2-3-4-8-15-19(23-16-11-6-5-7-12-16)22-18-14-10-9-13-17(18)20-21-22/h9-10,13-14,16,19H,2-8,11-12,15H2,1H3. The van der Waals surface area contributed by atoms with Crippen LogP contribution in [0.5, 0.6) is 0 Å². The second kappa shape index (κ2) is 8.44. The van der Waals surface area contributed by atoms with Gasteiger partial charge in [-0.1, -0.05) is 62.8 Å². The van der Waals surface area contributed by atoms with E-state index in [1.54, 1.807) is 0 Å². The van der Waals surface area contributed by atoms with Gasteiger partial charge in [-0.3, -0.25) is 0 Å². The van der Waals surface area contributed by atoms with Crippen molar-refractivity contribution in [1.29, 1.82) is 0 Å². The Morgan fingerprint density at radius 3 is 2.78 bits per heavy atom. The number of nitrogens with zero attached hydrogens (tertiary/aromatic N) is 3. The fourth-order valence-electron chi connectivity index (χ4n) is 3.52. The Morgan fingerprint density at radius 2 is 1.96 bits per heavy atom. The lowest BCUT2D eigenvalue weighted by molar-refractivity contribution is -0.0773. The third-order valence-electron chi connectivity index (χ3n) is 4.86. The van der Waals surface area contributed by atoms with E-state index in [1.807, 2.05) is 16.8 Å². The van der Waals surface area contributed by atoms with E-state index in [0.717, 1.165) is 17.5 Å². The summed E-state index contributed by atoms with van der Waals surface area (Å²) in [6.45, 7) is 2.25. The van der Waals surface area contributed by atoms with E-state index in [0.29, 0.717) is 6.10 Å². The summed E-state index contributed by atoms with van der Waals surface area (Å²) in [6, 6.07) is 8.18. The molecule has 0 spiro atoms. The quantitative estimate of drug-likeness (QED) is 0.625. The molecule has 1 aromatic heterocycles. The van der Waals surface area contributed by atoms with Crippen LogP contribution in [0.3, 0.4) is 0 Å². The minimum Gasteiger partial charge on any atom is -0.353 e. The van der Waals surface area contributed by atoms with Crippen LogP contribution >= 0.6 is 0 Å². The number of unbranched alkanes of at least 4 members (excludes halogenated alkanes) is 3. The van der Waals surface area contributed by atoms with Crippen molar-refractivity contribution in [3.63, 3.8) is 0 Å². The van der Waals surface area contributed by atoms with Crippen LogP contribution in [0, 0.1) is 0 Å². The molecule has 0 aliphatic heterocycles. The lowest BCUT2D eigenvalue weighted by Gasteiger charge is -2.28. The maximum absolute atomic E-state index is 6.48. The molecule has 23 heavy (non-hydrogen) atoms. The zero-order chi connectivity index (χ0) is 15.9. The van der Waals surface area contributed by atoms with E-state index in [-0.39, 0.29) is 6.23 Å². The predicted molar refractivity (Wildman–Crippen MR) is 93.3 cm³/mol. The van der Waals surface area contributed by atoms with Crippen LogP contribution in [-0.4, -0.2) is 21.1 Å². The van der Waals surface area contributed by atoms with Gasteiger partial charge in [0.25, 0.3) is 0 Å². The number of fused-ring (bicyclic) bond motifs is 1. The van der Waals surface area contributed by atoms with Crippen LogP contribution in [0.2, 0.25) is 0 Å². The van der Waals surface area contributed by atoms with E-state index in [2.05, 4.69) is 29.4 Å². The van der Waals surface area contributed by atoms with Crippen molar-refractivity contribution in [2.45, 2.75) is 83.5 Å². The summed E-state index contributed by atoms with van der Waals surface area (Å²) in [4.78, 5) is 0. The Hall–Kier alpha value is -1.42. The Kier molecular flexibility index (Phi) is 6.03. The predicted octanol–water partition coefficient (Wildman–Crippen LogP) is 5.25. The van der Waals surface area contributed by atoms with E-state index >= 15 is 0 Å². The molecule has 1 unspecified atom stereocenters. The monoisotopic (exact) mass is 315 g/mol. The smallest absolute Gasteiger partial charge is 0.153 e. The Bertz CT molecular complexity index is 589. The zero-order valence-corrected chi connectivity index (χ0v) is 14.3. The lowest BCUT2D eigenvalue weighted by atomic mass is 9.97. The van der Waals surface area contributed by atoms with Gasteiger partial charge < -0.3 is 4.74 Å². The number of benzene rings is 1. The second-order valence-electron chi connectivity index (χ2n) is 6.72. The molecular formula is C19H29N3O. The van der Waals surface area contributed by atoms with Gasteiger partial charge in [-0.15, -0.1) is 5.10 Å². The van der Waals surface area contributed by atoms with Crippen LogP contribution in [-0.2, 0) is 4.74 Å². The van der Waals surface area contributed by atoms with Crippen LogP contribution in [0.1, 0.15) is 77.4 Å². The number of hydrogen-bond donors (Lipinski definition) is 0. The minimum absolute atomic E-state index is 0.0300. The first kappa shape index (κ1) is 16.4. The van der Waals surface area contributed by atoms with Crippen molar-refractivity contribution >= 4 is 11.0 Å². The molecule has 0 amide bonds. The lowest BCUT2D eigenvalue weighted by Crippen LogP contribution is -2.24. The fourth-order valence-corrected chi connectivity index (χ4v) is 3.52. The molecule has 3 rings (SSSR count). The summed E-state index contributed by atoms with van der Waals surface area (Å²) in [5.74, 6) is 0. The summed E-state index contributed by atoms with van der Waals surface area (Å²) < 4.78 is 8.49. The first-order valence-electron chi connectivity index (χ1n) is 9.34. The number of para-hydroxylation sites is 1. The highest BCUT2D eigenvalue weighted by molar-refractivity contribution is 5.73. The van der Waals surface area contributed by atoms with Gasteiger partial charge >= 0.3 is 0 Å². The number of rotatable bonds is 8. The Labute approximate surface area is 139 Å². The molecule has 0 bridgehead atoms. The summed E-state index contributed by atoms with van der Waals surface area (Å²) >= 11 is 0. The minimum atomic E-state index is 0.0300. The highest BCUT2D eigenvalue weighted by Gasteiger charge is 2.22. The first-order chi connectivity index (χ1) is 11.4. The van der Waals surface area contributed by atoms with Crippen molar-refractivity contribution in [1.82, 2.24) is 15.0 Å². The maximum atomic E-state index is 6.48. The van der Waals surface area contributed by atoms with Gasteiger partial charge in [0.05, 0.1) is 11.6 Å². The molecular weight excluding hydrogens is 286 g/mol. The second-order valence-corrected chi connectivity index (χ2v) is 6.72. The van der Waals surface area contributed by atoms with Crippen molar-refractivity contribution in [2.24, 2.45) is 0 Å². The van der Waals surface area contributed by atoms with Crippen LogP contribution in [0.4, 0.5) is 0 Å². The highest BCUT2D eigenvalue weighted by atomic mass is 16.5. The van der Waals surface area contributed by atoms with E-state index in [1.165, 1.54) is 57.8 Å². The molecule has 1 aliphatic rings. The molecule has 0 saturated heterocycles. The molecule has 0 N–H and O–H groups in total. The van der Waals surface area contributed by atoms with Crippen LogP contribution < -0.4 is 0 Å². The molecule has 1 aliphatic carbocycles. The molecule has 1 saturated carbocycles. The Balaban J connectivity index is 1.73. The van der Waals surface area contributed by atoms with Crippen LogP contribution in [0.15, 0.2) is 24.3 Å². The largest absolute Gasteiger partial charge is 0.353 e. The molecule has 1 atom stereocenters. The summed E-state index contributed by atoms with van der Waals surface area (Å²) in [6.07, 6.45) is 12.8. The SMILES string of the molecule is CCCCCCC(OC1CCCCC1)n1nnc2ccccc21. The van der Waals surface area contributed by atoms with Crippen molar-refractivity contribution in [3.05, 3.63) is 24.3 Å². The van der Waals surface area contributed by atoms with Crippen LogP contribution in [0.25, 0.3) is 11.0 Å². The average molecular weight is 315 g/mol. The third kappa shape index (κ3) is 4.31. The highest BCUT2D eigenvalue weighted by Crippen LogP contribution is 2.28. The molecule has 2 aromatic rings. The molecule has 1 fully saturated rings. The summed E-state index contributed by atoms with van der Waals surface area (Å²) in [5.41, 5.74) is 2.04. The maximum Gasteiger partial charge on any atom is 0.153 e. The first-order valence-corrected chi connectivity index (χ1v) is 9.34. The van der Waals surface area contributed by atoms with Gasteiger partial charge in [-0.2, -0.15) is 0 Å². The molecule has 1 heterocycles. The van der Waals surface area contributed by atoms with Gasteiger partial charge in [0, 0.05) is 0 Å². The molecule has 4 heteroatoms. The number of ether oxygens (including phenoxy) is 1. The van der Waals surface area contributed by atoms with Gasteiger partial charge in [0.2, 0.25) is 0 Å². The topological polar surface area (TPSA) is 39.9 Å². The Morgan fingerprint density at radius 1 is 1.13 bits per heavy atom. The number of aromatic nitrogens is 3. The number of hydrogen-bond acceptors (Lipinski definition) is 3. The molecule has 1 aromatic carbocycles. The van der Waals surface area contributed by atoms with E-state index in [4.69, 9.17) is 4.74 Å². The molecule has 0 radical (unpaired) electrons. The average Bonchev–Trinajstić information content (AvgIpc) is 3.03. The fraction of sp³-hybridized carbons (Fsp3) is 0.684.